The van der Waals surface area contributed by atoms with E-state index >= 15 is 0 Å². The molecule has 0 radical (unpaired) electrons. The first kappa shape index (κ1) is 18.7. The predicted molar refractivity (Wildman–Crippen MR) is 115 cm³/mol. The Bertz CT molecular complexity index is 1380. The highest BCUT2D eigenvalue weighted by Gasteiger charge is 2.31. The molecule has 0 saturated heterocycles. The van der Waals surface area contributed by atoms with Crippen molar-refractivity contribution in [3.8, 4) is 11.4 Å². The second kappa shape index (κ2) is 7.18. The number of halogens is 1. The van der Waals surface area contributed by atoms with Crippen LogP contribution in [-0.2, 0) is 6.54 Å². The number of benzene rings is 2. The molecule has 2 aromatic heterocycles. The SMILES string of the molecule is COc1ccccc1-n1c(=O)n(C2CC2)c(=O)c2c1ncn2Cc1cccc(Cl)c1. The van der Waals surface area contributed by atoms with E-state index in [1.54, 1.807) is 36.2 Å². The van der Waals surface area contributed by atoms with Gasteiger partial charge in [-0.3, -0.25) is 9.36 Å². The van der Waals surface area contributed by atoms with Gasteiger partial charge in [0.25, 0.3) is 5.56 Å². The van der Waals surface area contributed by atoms with Gasteiger partial charge >= 0.3 is 5.69 Å². The van der Waals surface area contributed by atoms with Crippen LogP contribution in [0, 0.1) is 0 Å². The molecular formula is C22H19ClN4O3. The van der Waals surface area contributed by atoms with Crippen molar-refractivity contribution in [3.63, 3.8) is 0 Å². The number of aromatic nitrogens is 4. The number of hydrogen-bond donors (Lipinski definition) is 0. The minimum Gasteiger partial charge on any atom is -0.495 e. The van der Waals surface area contributed by atoms with Gasteiger partial charge in [-0.2, -0.15) is 0 Å². The number of methoxy groups -OCH3 is 1. The second-order valence-corrected chi connectivity index (χ2v) is 7.81. The Morgan fingerprint density at radius 3 is 2.67 bits per heavy atom. The number of rotatable bonds is 5. The minimum atomic E-state index is -0.396. The van der Waals surface area contributed by atoms with Crippen molar-refractivity contribution < 1.29 is 4.74 Å². The van der Waals surface area contributed by atoms with Gasteiger partial charge in [-0.05, 0) is 42.7 Å². The number of fused-ring (bicyclic) bond motifs is 1. The first-order valence-corrected chi connectivity index (χ1v) is 10.1. The van der Waals surface area contributed by atoms with Gasteiger partial charge in [-0.1, -0.05) is 35.9 Å². The third-order valence-electron chi connectivity index (χ3n) is 5.33. The lowest BCUT2D eigenvalue weighted by Crippen LogP contribution is -2.39. The molecule has 0 spiro atoms. The molecule has 1 aliphatic carbocycles. The molecule has 8 heteroatoms. The van der Waals surface area contributed by atoms with Gasteiger partial charge < -0.3 is 9.30 Å². The maximum absolute atomic E-state index is 13.4. The molecule has 1 fully saturated rings. The van der Waals surface area contributed by atoms with Crippen LogP contribution in [0.3, 0.4) is 0 Å². The Morgan fingerprint density at radius 2 is 1.93 bits per heavy atom. The van der Waals surface area contributed by atoms with Crippen LogP contribution in [0.1, 0.15) is 24.4 Å². The number of nitrogens with zero attached hydrogens (tertiary/aromatic N) is 4. The van der Waals surface area contributed by atoms with E-state index in [0.717, 1.165) is 18.4 Å². The molecule has 2 aromatic carbocycles. The van der Waals surface area contributed by atoms with Crippen LogP contribution in [0.5, 0.6) is 5.75 Å². The van der Waals surface area contributed by atoms with Crippen molar-refractivity contribution in [2.45, 2.75) is 25.4 Å². The molecule has 152 valence electrons. The average Bonchev–Trinajstić information content (AvgIpc) is 3.49. The van der Waals surface area contributed by atoms with Crippen LogP contribution in [0.4, 0.5) is 0 Å². The summed E-state index contributed by atoms with van der Waals surface area (Å²) in [5.74, 6) is 0.534. The molecule has 0 atom stereocenters. The molecule has 4 aromatic rings. The van der Waals surface area contributed by atoms with Crippen molar-refractivity contribution in [1.29, 1.82) is 0 Å². The van der Waals surface area contributed by atoms with Crippen molar-refractivity contribution in [2.24, 2.45) is 0 Å². The molecular weight excluding hydrogens is 404 g/mol. The zero-order chi connectivity index (χ0) is 20.8. The Hall–Kier alpha value is -3.32. The van der Waals surface area contributed by atoms with Crippen molar-refractivity contribution in [3.05, 3.63) is 86.3 Å². The van der Waals surface area contributed by atoms with Gasteiger partial charge in [0.05, 0.1) is 19.1 Å². The van der Waals surface area contributed by atoms with Crippen LogP contribution in [0.25, 0.3) is 16.9 Å². The molecule has 0 amide bonds. The fourth-order valence-electron chi connectivity index (χ4n) is 3.79. The molecule has 30 heavy (non-hydrogen) atoms. The summed E-state index contributed by atoms with van der Waals surface area (Å²) < 4.78 is 10.1. The van der Waals surface area contributed by atoms with E-state index < -0.39 is 5.69 Å². The van der Waals surface area contributed by atoms with Crippen molar-refractivity contribution in [2.75, 3.05) is 7.11 Å². The van der Waals surface area contributed by atoms with Gasteiger partial charge in [0.15, 0.2) is 11.2 Å². The van der Waals surface area contributed by atoms with E-state index in [4.69, 9.17) is 16.3 Å². The number of ether oxygens (including phenoxy) is 1. The molecule has 1 aliphatic rings. The summed E-state index contributed by atoms with van der Waals surface area (Å²) in [6, 6.07) is 14.6. The Kier molecular flexibility index (Phi) is 4.47. The first-order chi connectivity index (χ1) is 14.6. The van der Waals surface area contributed by atoms with E-state index in [0.29, 0.717) is 34.2 Å². The summed E-state index contributed by atoms with van der Waals surface area (Å²) in [5, 5.41) is 0.623. The van der Waals surface area contributed by atoms with Gasteiger partial charge in [0.2, 0.25) is 0 Å². The lowest BCUT2D eigenvalue weighted by molar-refractivity contribution is 0.412. The number of para-hydroxylation sites is 2. The van der Waals surface area contributed by atoms with Crippen molar-refractivity contribution >= 4 is 22.8 Å². The molecule has 0 N–H and O–H groups in total. The first-order valence-electron chi connectivity index (χ1n) is 9.68. The highest BCUT2D eigenvalue weighted by molar-refractivity contribution is 6.30. The minimum absolute atomic E-state index is 0.0788. The molecule has 1 saturated carbocycles. The smallest absolute Gasteiger partial charge is 0.337 e. The summed E-state index contributed by atoms with van der Waals surface area (Å²) >= 11 is 6.12. The lowest BCUT2D eigenvalue weighted by Gasteiger charge is -2.14. The number of hydrogen-bond acceptors (Lipinski definition) is 4. The fraction of sp³-hybridized carbons (Fsp3) is 0.227. The third kappa shape index (κ3) is 3.02. The van der Waals surface area contributed by atoms with Crippen LogP contribution in [0.15, 0.2) is 64.4 Å². The van der Waals surface area contributed by atoms with Gasteiger partial charge in [0.1, 0.15) is 5.75 Å². The maximum atomic E-state index is 13.4. The Labute approximate surface area is 176 Å². The van der Waals surface area contributed by atoms with E-state index in [1.165, 1.54) is 9.13 Å². The highest BCUT2D eigenvalue weighted by Crippen LogP contribution is 2.33. The Balaban J connectivity index is 1.80. The summed E-state index contributed by atoms with van der Waals surface area (Å²) in [7, 11) is 1.55. The lowest BCUT2D eigenvalue weighted by atomic mass is 10.2. The summed E-state index contributed by atoms with van der Waals surface area (Å²) in [6.07, 6.45) is 3.22. The maximum Gasteiger partial charge on any atom is 0.337 e. The highest BCUT2D eigenvalue weighted by atomic mass is 35.5. The van der Waals surface area contributed by atoms with Crippen LogP contribution in [-0.4, -0.2) is 25.8 Å². The quantitative estimate of drug-likeness (QED) is 0.494. The molecule has 7 nitrogen and oxygen atoms in total. The molecule has 5 rings (SSSR count). The van der Waals surface area contributed by atoms with E-state index in [-0.39, 0.29) is 11.6 Å². The monoisotopic (exact) mass is 422 g/mol. The molecule has 0 bridgehead atoms. The molecule has 2 heterocycles. The van der Waals surface area contributed by atoms with Crippen LogP contribution < -0.4 is 16.0 Å². The molecule has 0 unspecified atom stereocenters. The van der Waals surface area contributed by atoms with Crippen LogP contribution >= 0.6 is 11.6 Å². The number of imidazole rings is 1. The summed E-state index contributed by atoms with van der Waals surface area (Å²) in [5.41, 5.74) is 1.48. The molecule has 0 aliphatic heterocycles. The topological polar surface area (TPSA) is 71.1 Å². The van der Waals surface area contributed by atoms with Crippen LogP contribution in [0.2, 0.25) is 5.02 Å². The van der Waals surface area contributed by atoms with Gasteiger partial charge in [-0.25, -0.2) is 14.3 Å². The van der Waals surface area contributed by atoms with E-state index in [9.17, 15) is 9.59 Å². The van der Waals surface area contributed by atoms with Gasteiger partial charge in [-0.15, -0.1) is 0 Å². The average molecular weight is 423 g/mol. The van der Waals surface area contributed by atoms with Crippen molar-refractivity contribution in [1.82, 2.24) is 18.7 Å². The Morgan fingerprint density at radius 1 is 1.13 bits per heavy atom. The van der Waals surface area contributed by atoms with E-state index in [1.807, 2.05) is 30.3 Å². The largest absolute Gasteiger partial charge is 0.495 e. The van der Waals surface area contributed by atoms with Gasteiger partial charge in [0, 0.05) is 17.6 Å². The normalized spacial score (nSPS) is 13.7. The zero-order valence-corrected chi connectivity index (χ0v) is 17.0. The fourth-order valence-corrected chi connectivity index (χ4v) is 4.00. The predicted octanol–water partition coefficient (Wildman–Crippen LogP) is 3.39. The summed E-state index contributed by atoms with van der Waals surface area (Å²) in [6.45, 7) is 0.418. The summed E-state index contributed by atoms with van der Waals surface area (Å²) in [4.78, 5) is 31.2. The second-order valence-electron chi connectivity index (χ2n) is 7.37. The van der Waals surface area contributed by atoms with E-state index in [2.05, 4.69) is 4.98 Å². The zero-order valence-electron chi connectivity index (χ0n) is 16.3. The standard InChI is InChI=1S/C22H19ClN4O3/c1-30-18-8-3-2-7-17(18)27-20-19(21(28)26(22(27)29)16-9-10-16)25(13-24-20)12-14-5-4-6-15(23)11-14/h2-8,11,13,16H,9-10,12H2,1H3. The third-order valence-corrected chi connectivity index (χ3v) is 5.56.